The van der Waals surface area contributed by atoms with E-state index in [1.54, 1.807) is 6.20 Å². The summed E-state index contributed by atoms with van der Waals surface area (Å²) in [5.41, 5.74) is 3.96. The lowest BCUT2D eigenvalue weighted by Gasteiger charge is -2.09. The Bertz CT molecular complexity index is 460. The van der Waals surface area contributed by atoms with Crippen LogP contribution in [0.2, 0.25) is 0 Å². The minimum Gasteiger partial charge on any atom is -0.383 e. The zero-order valence-electron chi connectivity index (χ0n) is 10.5. The van der Waals surface area contributed by atoms with Crippen LogP contribution in [0.25, 0.3) is 0 Å². The molecule has 3 heteroatoms. The number of benzene rings is 1. The minimum atomic E-state index is 0.890. The van der Waals surface area contributed by atoms with Crippen molar-refractivity contribution in [1.82, 2.24) is 9.78 Å². The molecule has 0 bridgehead atoms. The van der Waals surface area contributed by atoms with Gasteiger partial charge in [0.2, 0.25) is 0 Å². The van der Waals surface area contributed by atoms with Crippen LogP contribution in [-0.4, -0.2) is 16.3 Å². The fraction of sp³-hybridized carbons (Fsp3) is 0.357. The number of aryl methyl sites for hydroxylation is 2. The van der Waals surface area contributed by atoms with Gasteiger partial charge in [0.05, 0.1) is 6.54 Å². The van der Waals surface area contributed by atoms with Crippen LogP contribution >= 0.6 is 0 Å². The Hall–Kier alpha value is -1.77. The van der Waals surface area contributed by atoms with Gasteiger partial charge in [-0.05, 0) is 42.7 Å². The number of anilines is 1. The van der Waals surface area contributed by atoms with Gasteiger partial charge in [-0.25, -0.2) is 0 Å². The SMILES string of the molecule is CCc1ccc(NCCn2cccn2)cc1C. The van der Waals surface area contributed by atoms with Gasteiger partial charge in [-0.3, -0.25) is 4.68 Å². The second-order valence-corrected chi connectivity index (χ2v) is 4.19. The van der Waals surface area contributed by atoms with E-state index in [0.29, 0.717) is 0 Å². The summed E-state index contributed by atoms with van der Waals surface area (Å²) in [5.74, 6) is 0. The van der Waals surface area contributed by atoms with Crippen LogP contribution in [0.3, 0.4) is 0 Å². The summed E-state index contributed by atoms with van der Waals surface area (Å²) in [6.45, 7) is 6.14. The number of aromatic nitrogens is 2. The number of nitrogens with zero attached hydrogens (tertiary/aromatic N) is 2. The van der Waals surface area contributed by atoms with Gasteiger partial charge >= 0.3 is 0 Å². The summed E-state index contributed by atoms with van der Waals surface area (Å²) in [4.78, 5) is 0. The first-order valence-electron chi connectivity index (χ1n) is 6.10. The number of nitrogens with one attached hydrogen (secondary N) is 1. The largest absolute Gasteiger partial charge is 0.383 e. The van der Waals surface area contributed by atoms with Crippen LogP contribution in [0, 0.1) is 6.92 Å². The van der Waals surface area contributed by atoms with Gasteiger partial charge in [-0.1, -0.05) is 13.0 Å². The van der Waals surface area contributed by atoms with Crippen molar-refractivity contribution in [3.63, 3.8) is 0 Å². The van der Waals surface area contributed by atoms with Crippen molar-refractivity contribution in [3.05, 3.63) is 47.8 Å². The van der Waals surface area contributed by atoms with Gasteiger partial charge in [-0.15, -0.1) is 0 Å². The Morgan fingerprint density at radius 1 is 1.35 bits per heavy atom. The second kappa shape index (κ2) is 5.53. The first kappa shape index (κ1) is 11.7. The summed E-state index contributed by atoms with van der Waals surface area (Å²) in [7, 11) is 0. The van der Waals surface area contributed by atoms with Gasteiger partial charge in [-0.2, -0.15) is 5.10 Å². The van der Waals surface area contributed by atoms with Crippen molar-refractivity contribution < 1.29 is 0 Å². The van der Waals surface area contributed by atoms with Crippen LogP contribution in [0.1, 0.15) is 18.1 Å². The van der Waals surface area contributed by atoms with Gasteiger partial charge in [0.25, 0.3) is 0 Å². The Morgan fingerprint density at radius 3 is 2.88 bits per heavy atom. The fourth-order valence-electron chi connectivity index (χ4n) is 1.95. The molecular weight excluding hydrogens is 210 g/mol. The Labute approximate surface area is 102 Å². The van der Waals surface area contributed by atoms with Crippen LogP contribution in [0.4, 0.5) is 5.69 Å². The molecule has 90 valence electrons. The lowest BCUT2D eigenvalue weighted by molar-refractivity contribution is 0.638. The molecule has 1 aromatic heterocycles. The summed E-state index contributed by atoms with van der Waals surface area (Å²) in [5, 5.41) is 7.58. The smallest absolute Gasteiger partial charge is 0.0582 e. The maximum Gasteiger partial charge on any atom is 0.0582 e. The third kappa shape index (κ3) is 3.09. The highest BCUT2D eigenvalue weighted by Gasteiger charge is 1.98. The van der Waals surface area contributed by atoms with Gasteiger partial charge < -0.3 is 5.32 Å². The number of rotatable bonds is 5. The molecule has 17 heavy (non-hydrogen) atoms. The van der Waals surface area contributed by atoms with Crippen molar-refractivity contribution in [2.75, 3.05) is 11.9 Å². The molecule has 0 saturated heterocycles. The van der Waals surface area contributed by atoms with Crippen LogP contribution < -0.4 is 5.32 Å². The maximum absolute atomic E-state index is 4.17. The molecule has 0 spiro atoms. The van der Waals surface area contributed by atoms with Gasteiger partial charge in [0.15, 0.2) is 0 Å². The topological polar surface area (TPSA) is 29.9 Å². The third-order valence-corrected chi connectivity index (χ3v) is 2.95. The average molecular weight is 229 g/mol. The van der Waals surface area contributed by atoms with Crippen LogP contribution in [0.5, 0.6) is 0 Å². The first-order chi connectivity index (χ1) is 8.29. The molecule has 0 aliphatic rings. The summed E-state index contributed by atoms with van der Waals surface area (Å²) in [6, 6.07) is 8.50. The zero-order chi connectivity index (χ0) is 12.1. The van der Waals surface area contributed by atoms with E-state index in [4.69, 9.17) is 0 Å². The molecule has 1 aromatic carbocycles. The molecule has 0 unspecified atom stereocenters. The van der Waals surface area contributed by atoms with E-state index >= 15 is 0 Å². The number of hydrogen-bond acceptors (Lipinski definition) is 2. The highest BCUT2D eigenvalue weighted by atomic mass is 15.3. The highest BCUT2D eigenvalue weighted by molar-refractivity contribution is 5.48. The van der Waals surface area contributed by atoms with Crippen LogP contribution in [-0.2, 0) is 13.0 Å². The molecule has 2 rings (SSSR count). The van der Waals surface area contributed by atoms with E-state index in [1.807, 2.05) is 16.9 Å². The average Bonchev–Trinajstić information content (AvgIpc) is 2.82. The molecule has 3 nitrogen and oxygen atoms in total. The monoisotopic (exact) mass is 229 g/mol. The Balaban J connectivity index is 1.89. The molecule has 0 aliphatic carbocycles. The molecule has 0 radical (unpaired) electrons. The summed E-state index contributed by atoms with van der Waals surface area (Å²) in [6.07, 6.45) is 4.88. The normalized spacial score (nSPS) is 10.5. The molecule has 1 heterocycles. The van der Waals surface area contributed by atoms with E-state index in [1.165, 1.54) is 16.8 Å². The summed E-state index contributed by atoms with van der Waals surface area (Å²) < 4.78 is 1.93. The quantitative estimate of drug-likeness (QED) is 0.854. The molecule has 0 amide bonds. The number of hydrogen-bond donors (Lipinski definition) is 1. The molecular formula is C14H19N3. The van der Waals surface area contributed by atoms with E-state index in [2.05, 4.69) is 42.5 Å². The van der Waals surface area contributed by atoms with Crippen molar-refractivity contribution in [1.29, 1.82) is 0 Å². The Morgan fingerprint density at radius 2 is 2.24 bits per heavy atom. The van der Waals surface area contributed by atoms with Crippen molar-refractivity contribution in [2.24, 2.45) is 0 Å². The van der Waals surface area contributed by atoms with E-state index in [9.17, 15) is 0 Å². The first-order valence-corrected chi connectivity index (χ1v) is 6.10. The van der Waals surface area contributed by atoms with E-state index < -0.39 is 0 Å². The standard InChI is InChI=1S/C14H19N3/c1-3-13-5-6-14(11-12(13)2)15-8-10-17-9-4-7-16-17/h4-7,9,11,15H,3,8,10H2,1-2H3. The highest BCUT2D eigenvalue weighted by Crippen LogP contribution is 2.15. The van der Waals surface area contributed by atoms with Crippen molar-refractivity contribution in [3.8, 4) is 0 Å². The van der Waals surface area contributed by atoms with E-state index in [0.717, 1.165) is 19.5 Å². The predicted molar refractivity (Wildman–Crippen MR) is 71.3 cm³/mol. The fourth-order valence-corrected chi connectivity index (χ4v) is 1.95. The third-order valence-electron chi connectivity index (χ3n) is 2.95. The molecule has 0 aliphatic heterocycles. The predicted octanol–water partition coefficient (Wildman–Crippen LogP) is 2.87. The molecule has 0 saturated carbocycles. The maximum atomic E-state index is 4.17. The molecule has 2 aromatic rings. The van der Waals surface area contributed by atoms with Crippen molar-refractivity contribution >= 4 is 5.69 Å². The molecule has 0 atom stereocenters. The lowest BCUT2D eigenvalue weighted by atomic mass is 10.1. The van der Waals surface area contributed by atoms with Crippen LogP contribution in [0.15, 0.2) is 36.7 Å². The summed E-state index contributed by atoms with van der Waals surface area (Å²) >= 11 is 0. The zero-order valence-corrected chi connectivity index (χ0v) is 10.5. The van der Waals surface area contributed by atoms with Gasteiger partial charge in [0.1, 0.15) is 0 Å². The lowest BCUT2D eigenvalue weighted by Crippen LogP contribution is -2.10. The van der Waals surface area contributed by atoms with Gasteiger partial charge in [0, 0.05) is 24.6 Å². The minimum absolute atomic E-state index is 0.890. The molecule has 0 fully saturated rings. The molecule has 1 N–H and O–H groups in total. The van der Waals surface area contributed by atoms with Crippen molar-refractivity contribution in [2.45, 2.75) is 26.8 Å². The second-order valence-electron chi connectivity index (χ2n) is 4.19. The Kier molecular flexibility index (Phi) is 3.81. The van der Waals surface area contributed by atoms with E-state index in [-0.39, 0.29) is 0 Å².